The molecular formula is C25H24N2O6S. The van der Waals surface area contributed by atoms with Gasteiger partial charge in [0.1, 0.15) is 17.9 Å². The monoisotopic (exact) mass is 480 g/mol. The third kappa shape index (κ3) is 4.50. The molecule has 1 aliphatic rings. The zero-order chi connectivity index (χ0) is 23.5. The van der Waals surface area contributed by atoms with E-state index in [0.29, 0.717) is 37.6 Å². The van der Waals surface area contributed by atoms with Crippen molar-refractivity contribution >= 4 is 37.7 Å². The summed E-state index contributed by atoms with van der Waals surface area (Å²) in [7, 11) is -3.54. The Hall–Kier alpha value is -3.40. The van der Waals surface area contributed by atoms with Gasteiger partial charge in [0.15, 0.2) is 5.76 Å². The fraction of sp³-hybridized carbons (Fsp3) is 0.240. The molecule has 0 saturated carbocycles. The molecule has 0 unspecified atom stereocenters. The van der Waals surface area contributed by atoms with Gasteiger partial charge in [0.05, 0.1) is 24.7 Å². The number of carbonyl (C=O) groups is 1. The van der Waals surface area contributed by atoms with Gasteiger partial charge in [-0.1, -0.05) is 30.3 Å². The van der Waals surface area contributed by atoms with E-state index < -0.39 is 10.0 Å². The predicted molar refractivity (Wildman–Crippen MR) is 128 cm³/mol. The summed E-state index contributed by atoms with van der Waals surface area (Å²) in [5.74, 6) is 0.435. The highest BCUT2D eigenvalue weighted by Gasteiger charge is 2.26. The molecule has 1 aromatic heterocycles. The van der Waals surface area contributed by atoms with Gasteiger partial charge in [0, 0.05) is 18.5 Å². The standard InChI is InChI=1S/C25H24N2O6S/c28-25(24-17-22-21-4-2-1-3-18(21)5-10-23(22)33-24)26-11-14-32-19-6-8-20(9-7-19)34(29,30)27-12-15-31-16-13-27/h1-10,17H,11-16H2,(H,26,28). The molecule has 4 aromatic rings. The molecule has 0 aliphatic carbocycles. The van der Waals surface area contributed by atoms with Crippen molar-refractivity contribution in [2.24, 2.45) is 0 Å². The molecule has 5 rings (SSSR count). The minimum absolute atomic E-state index is 0.215. The van der Waals surface area contributed by atoms with Crippen molar-refractivity contribution in [1.29, 1.82) is 0 Å². The molecule has 0 atom stereocenters. The van der Waals surface area contributed by atoms with E-state index in [1.54, 1.807) is 18.2 Å². The predicted octanol–water partition coefficient (Wildman–Crippen LogP) is 3.42. The van der Waals surface area contributed by atoms with Crippen LogP contribution in [0.15, 0.2) is 76.0 Å². The summed E-state index contributed by atoms with van der Waals surface area (Å²) < 4.78 is 43.4. The maximum atomic E-state index is 12.7. The lowest BCUT2D eigenvalue weighted by molar-refractivity contribution is 0.0730. The summed E-state index contributed by atoms with van der Waals surface area (Å²) in [6.07, 6.45) is 0. The highest BCUT2D eigenvalue weighted by atomic mass is 32.2. The molecule has 1 amide bonds. The van der Waals surface area contributed by atoms with Crippen LogP contribution < -0.4 is 10.1 Å². The van der Waals surface area contributed by atoms with Gasteiger partial charge in [-0.2, -0.15) is 4.31 Å². The van der Waals surface area contributed by atoms with Gasteiger partial charge < -0.3 is 19.2 Å². The molecule has 1 N–H and O–H groups in total. The van der Waals surface area contributed by atoms with Gasteiger partial charge in [0.25, 0.3) is 5.91 Å². The molecule has 8 nitrogen and oxygen atoms in total. The fourth-order valence-electron chi connectivity index (χ4n) is 3.97. The average Bonchev–Trinajstić information content (AvgIpc) is 3.33. The van der Waals surface area contributed by atoms with E-state index in [0.717, 1.165) is 16.2 Å². The minimum atomic E-state index is -3.54. The van der Waals surface area contributed by atoms with Crippen LogP contribution >= 0.6 is 0 Å². The second-order valence-electron chi connectivity index (χ2n) is 7.90. The maximum Gasteiger partial charge on any atom is 0.287 e. The zero-order valence-electron chi connectivity index (χ0n) is 18.4. The fourth-order valence-corrected chi connectivity index (χ4v) is 5.38. The zero-order valence-corrected chi connectivity index (χ0v) is 19.2. The minimum Gasteiger partial charge on any atom is -0.492 e. The second kappa shape index (κ2) is 9.46. The van der Waals surface area contributed by atoms with Crippen LogP contribution in [0.1, 0.15) is 10.6 Å². The average molecular weight is 481 g/mol. The van der Waals surface area contributed by atoms with Crippen LogP contribution in [0.5, 0.6) is 5.75 Å². The van der Waals surface area contributed by atoms with Crippen LogP contribution in [0.25, 0.3) is 21.7 Å². The number of morpholine rings is 1. The molecule has 0 bridgehead atoms. The number of benzene rings is 3. The molecule has 1 aliphatic heterocycles. The SMILES string of the molecule is O=C(NCCOc1ccc(S(=O)(=O)N2CCOCC2)cc1)c1cc2c(ccc3ccccc32)o1. The largest absolute Gasteiger partial charge is 0.492 e. The molecule has 0 radical (unpaired) electrons. The summed E-state index contributed by atoms with van der Waals surface area (Å²) in [4.78, 5) is 12.7. The van der Waals surface area contributed by atoms with Crippen LogP contribution in [0, 0.1) is 0 Å². The number of ether oxygens (including phenoxy) is 2. The Bertz CT molecular complexity index is 1420. The summed E-state index contributed by atoms with van der Waals surface area (Å²) in [5, 5.41) is 5.80. The number of sulfonamides is 1. The topological polar surface area (TPSA) is 98.1 Å². The number of hydrogen-bond acceptors (Lipinski definition) is 6. The number of fused-ring (bicyclic) bond motifs is 3. The van der Waals surface area contributed by atoms with Crippen molar-refractivity contribution < 1.29 is 27.1 Å². The van der Waals surface area contributed by atoms with Crippen LogP contribution in [0.2, 0.25) is 0 Å². The van der Waals surface area contributed by atoms with Crippen molar-refractivity contribution in [3.63, 3.8) is 0 Å². The Kier molecular flexibility index (Phi) is 6.23. The molecule has 2 heterocycles. The van der Waals surface area contributed by atoms with E-state index in [-0.39, 0.29) is 29.7 Å². The van der Waals surface area contributed by atoms with Gasteiger partial charge in [-0.05, 0) is 47.2 Å². The number of furan rings is 1. The Balaban J connectivity index is 1.16. The molecule has 1 fully saturated rings. The highest BCUT2D eigenvalue weighted by Crippen LogP contribution is 2.28. The van der Waals surface area contributed by atoms with Gasteiger partial charge in [-0.3, -0.25) is 4.79 Å². The van der Waals surface area contributed by atoms with Gasteiger partial charge in [0.2, 0.25) is 10.0 Å². The third-order valence-electron chi connectivity index (χ3n) is 5.74. The maximum absolute atomic E-state index is 12.7. The molecule has 176 valence electrons. The van der Waals surface area contributed by atoms with Crippen LogP contribution in [-0.2, 0) is 14.8 Å². The molecule has 1 saturated heterocycles. The van der Waals surface area contributed by atoms with E-state index >= 15 is 0 Å². The first-order valence-corrected chi connectivity index (χ1v) is 12.5. The quantitative estimate of drug-likeness (QED) is 0.407. The Morgan fingerprint density at radius 1 is 0.971 bits per heavy atom. The molecule has 0 spiro atoms. The molecule has 9 heteroatoms. The smallest absolute Gasteiger partial charge is 0.287 e. The molecule has 3 aromatic carbocycles. The van der Waals surface area contributed by atoms with Crippen molar-refractivity contribution in [1.82, 2.24) is 9.62 Å². The van der Waals surface area contributed by atoms with E-state index in [1.807, 2.05) is 36.4 Å². The van der Waals surface area contributed by atoms with E-state index in [2.05, 4.69) is 5.32 Å². The number of rotatable bonds is 7. The Labute approximate surface area is 197 Å². The number of hydrogen-bond donors (Lipinski definition) is 1. The summed E-state index contributed by atoms with van der Waals surface area (Å²) in [5.41, 5.74) is 0.659. The summed E-state index contributed by atoms with van der Waals surface area (Å²) in [6.45, 7) is 1.99. The van der Waals surface area contributed by atoms with Crippen LogP contribution in [0.4, 0.5) is 0 Å². The number of carbonyl (C=O) groups excluding carboxylic acids is 1. The normalized spacial score (nSPS) is 14.9. The summed E-state index contributed by atoms with van der Waals surface area (Å²) >= 11 is 0. The lowest BCUT2D eigenvalue weighted by Gasteiger charge is -2.26. The van der Waals surface area contributed by atoms with E-state index in [9.17, 15) is 13.2 Å². The first-order chi connectivity index (χ1) is 16.5. The number of nitrogens with zero attached hydrogens (tertiary/aromatic N) is 1. The lowest BCUT2D eigenvalue weighted by atomic mass is 10.1. The Morgan fingerprint density at radius 2 is 1.74 bits per heavy atom. The molecular weight excluding hydrogens is 456 g/mol. The van der Waals surface area contributed by atoms with Crippen molar-refractivity contribution in [2.45, 2.75) is 4.90 Å². The first-order valence-electron chi connectivity index (χ1n) is 11.0. The van der Waals surface area contributed by atoms with Crippen molar-refractivity contribution in [3.05, 3.63) is 72.5 Å². The van der Waals surface area contributed by atoms with Gasteiger partial charge in [-0.15, -0.1) is 0 Å². The number of nitrogens with one attached hydrogen (secondary N) is 1. The third-order valence-corrected chi connectivity index (χ3v) is 7.65. The van der Waals surface area contributed by atoms with Crippen molar-refractivity contribution in [3.8, 4) is 5.75 Å². The Morgan fingerprint density at radius 3 is 2.53 bits per heavy atom. The molecule has 34 heavy (non-hydrogen) atoms. The van der Waals surface area contributed by atoms with Crippen LogP contribution in [-0.4, -0.2) is 58.1 Å². The van der Waals surface area contributed by atoms with E-state index in [4.69, 9.17) is 13.9 Å². The number of amides is 1. The summed E-state index contributed by atoms with van der Waals surface area (Å²) in [6, 6.07) is 19.8. The van der Waals surface area contributed by atoms with Crippen LogP contribution in [0.3, 0.4) is 0 Å². The van der Waals surface area contributed by atoms with Crippen molar-refractivity contribution in [2.75, 3.05) is 39.5 Å². The second-order valence-corrected chi connectivity index (χ2v) is 9.84. The lowest BCUT2D eigenvalue weighted by Crippen LogP contribution is -2.40. The van der Waals surface area contributed by atoms with E-state index in [1.165, 1.54) is 16.4 Å². The van der Waals surface area contributed by atoms with Gasteiger partial charge in [-0.25, -0.2) is 8.42 Å². The highest BCUT2D eigenvalue weighted by molar-refractivity contribution is 7.89. The van der Waals surface area contributed by atoms with Gasteiger partial charge >= 0.3 is 0 Å². The first kappa shape index (κ1) is 22.4.